The fourth-order valence-corrected chi connectivity index (χ4v) is 3.79. The number of nitrogens with one attached hydrogen (secondary N) is 1. The molecular weight excluding hydrogens is 447 g/mol. The summed E-state index contributed by atoms with van der Waals surface area (Å²) in [4.78, 5) is 23.6. The van der Waals surface area contributed by atoms with E-state index in [1.165, 1.54) is 48.2 Å². The Hall–Kier alpha value is -3.66. The maximum Gasteiger partial charge on any atom is 0.335 e. The first-order valence-corrected chi connectivity index (χ1v) is 10.9. The highest BCUT2D eigenvalue weighted by atomic mass is 32.2. The molecule has 0 bridgehead atoms. The molecule has 172 valence electrons. The molecule has 1 amide bonds. The molecule has 3 rings (SSSR count). The first-order valence-electron chi connectivity index (χ1n) is 10.1. The number of ether oxygens (including phenoxy) is 1. The second-order valence-corrected chi connectivity index (χ2v) is 8.37. The number of carboxylic acid groups (broad SMARTS) is 1. The molecule has 2 atom stereocenters. The highest BCUT2D eigenvalue weighted by Gasteiger charge is 2.23. The van der Waals surface area contributed by atoms with Gasteiger partial charge in [-0.15, -0.1) is 16.8 Å². The summed E-state index contributed by atoms with van der Waals surface area (Å²) in [7, 11) is 0. The van der Waals surface area contributed by atoms with E-state index in [0.717, 1.165) is 0 Å². The van der Waals surface area contributed by atoms with Crippen molar-refractivity contribution in [2.45, 2.75) is 36.9 Å². The van der Waals surface area contributed by atoms with Crippen LogP contribution in [0.4, 0.5) is 10.1 Å². The lowest BCUT2D eigenvalue weighted by Gasteiger charge is -2.17. The van der Waals surface area contributed by atoms with Crippen molar-refractivity contribution >= 4 is 29.3 Å². The number of halogens is 1. The van der Waals surface area contributed by atoms with Crippen LogP contribution in [0.3, 0.4) is 0 Å². The van der Waals surface area contributed by atoms with Crippen LogP contribution in [0, 0.1) is 5.82 Å². The Bertz CT molecular complexity index is 1150. The van der Waals surface area contributed by atoms with Crippen molar-refractivity contribution in [3.05, 3.63) is 78.4 Å². The van der Waals surface area contributed by atoms with Gasteiger partial charge >= 0.3 is 5.97 Å². The van der Waals surface area contributed by atoms with Crippen LogP contribution in [0.5, 0.6) is 5.75 Å². The van der Waals surface area contributed by atoms with Crippen LogP contribution in [0.15, 0.2) is 66.3 Å². The minimum atomic E-state index is -1.04. The lowest BCUT2D eigenvalue weighted by molar-refractivity contribution is -0.115. The molecule has 0 aliphatic heterocycles. The number of allylic oxidation sites excluding steroid dienone is 1. The van der Waals surface area contributed by atoms with Gasteiger partial charge in [0.25, 0.3) is 0 Å². The van der Waals surface area contributed by atoms with Crippen LogP contribution in [-0.4, -0.2) is 37.0 Å². The number of anilines is 1. The number of carbonyl (C=O) groups is 2. The SMILES string of the molecule is C=CCn1c(SC(C)C(=O)Nc2ccc(C(=O)O)cc2)nnc1C(C)Oc1ccccc1F. The first kappa shape index (κ1) is 24.0. The van der Waals surface area contributed by atoms with E-state index >= 15 is 0 Å². The topological polar surface area (TPSA) is 106 Å². The molecule has 1 aromatic heterocycles. The van der Waals surface area contributed by atoms with E-state index in [1.54, 1.807) is 36.6 Å². The molecule has 0 radical (unpaired) electrons. The van der Waals surface area contributed by atoms with E-state index in [4.69, 9.17) is 9.84 Å². The predicted octanol–water partition coefficient (Wildman–Crippen LogP) is 4.56. The van der Waals surface area contributed by atoms with Gasteiger partial charge in [0, 0.05) is 12.2 Å². The summed E-state index contributed by atoms with van der Waals surface area (Å²) in [6.07, 6.45) is 1.07. The number of amides is 1. The quantitative estimate of drug-likeness (QED) is 0.330. The summed E-state index contributed by atoms with van der Waals surface area (Å²) >= 11 is 1.20. The number of hydrogen-bond donors (Lipinski definition) is 2. The zero-order chi connectivity index (χ0) is 24.0. The van der Waals surface area contributed by atoms with Gasteiger partial charge in [0.2, 0.25) is 5.91 Å². The third kappa shape index (κ3) is 5.98. The molecule has 1 heterocycles. The number of thioether (sulfide) groups is 1. The highest BCUT2D eigenvalue weighted by molar-refractivity contribution is 8.00. The van der Waals surface area contributed by atoms with Crippen LogP contribution in [-0.2, 0) is 11.3 Å². The number of nitrogens with zero attached hydrogens (tertiary/aromatic N) is 3. The van der Waals surface area contributed by atoms with Crippen LogP contribution >= 0.6 is 11.8 Å². The maximum atomic E-state index is 14.0. The zero-order valence-corrected chi connectivity index (χ0v) is 18.9. The van der Waals surface area contributed by atoms with Crippen LogP contribution < -0.4 is 10.1 Å². The molecule has 2 aromatic carbocycles. The minimum Gasteiger partial charge on any atom is -0.480 e. The van der Waals surface area contributed by atoms with Gasteiger partial charge in [-0.2, -0.15) is 0 Å². The Labute approximate surface area is 194 Å². The smallest absolute Gasteiger partial charge is 0.335 e. The van der Waals surface area contributed by atoms with Gasteiger partial charge in [-0.05, 0) is 50.2 Å². The van der Waals surface area contributed by atoms with E-state index in [-0.39, 0.29) is 17.2 Å². The summed E-state index contributed by atoms with van der Waals surface area (Å²) in [6, 6.07) is 12.0. The van der Waals surface area contributed by atoms with Gasteiger partial charge in [-0.3, -0.25) is 9.36 Å². The molecule has 33 heavy (non-hydrogen) atoms. The summed E-state index contributed by atoms with van der Waals surface area (Å²) in [5.74, 6) is -1.22. The number of hydrogen-bond acceptors (Lipinski definition) is 6. The zero-order valence-electron chi connectivity index (χ0n) is 18.1. The molecule has 0 saturated heterocycles. The van der Waals surface area contributed by atoms with E-state index in [0.29, 0.717) is 23.2 Å². The Morgan fingerprint density at radius 3 is 2.55 bits per heavy atom. The molecule has 0 aliphatic rings. The third-order valence-electron chi connectivity index (χ3n) is 4.61. The molecular formula is C23H23FN4O4S. The van der Waals surface area contributed by atoms with Crippen LogP contribution in [0.25, 0.3) is 0 Å². The normalized spacial score (nSPS) is 12.6. The molecule has 10 heteroatoms. The van der Waals surface area contributed by atoms with E-state index in [9.17, 15) is 14.0 Å². The summed E-state index contributed by atoms with van der Waals surface area (Å²) < 4.78 is 21.4. The Morgan fingerprint density at radius 1 is 1.21 bits per heavy atom. The molecule has 2 N–H and O–H groups in total. The number of para-hydroxylation sites is 1. The number of aromatic nitrogens is 3. The standard InChI is InChI=1S/C23H23FN4O4S/c1-4-13-28-20(14(2)32-19-8-6-5-7-18(19)24)26-27-23(28)33-15(3)21(29)25-17-11-9-16(10-12-17)22(30)31/h4-12,14-15H,1,13H2,2-3H3,(H,25,29)(H,30,31). The Kier molecular flexibility index (Phi) is 7.83. The molecule has 0 fully saturated rings. The molecule has 0 spiro atoms. The largest absolute Gasteiger partial charge is 0.480 e. The van der Waals surface area contributed by atoms with Crippen molar-refractivity contribution < 1.29 is 23.8 Å². The second-order valence-electron chi connectivity index (χ2n) is 7.06. The minimum absolute atomic E-state index is 0.106. The van der Waals surface area contributed by atoms with Crippen LogP contribution in [0.2, 0.25) is 0 Å². The van der Waals surface area contributed by atoms with Gasteiger partial charge < -0.3 is 15.2 Å². The van der Waals surface area contributed by atoms with Crippen molar-refractivity contribution in [1.82, 2.24) is 14.8 Å². The summed E-state index contributed by atoms with van der Waals surface area (Å²) in [5.41, 5.74) is 0.616. The third-order valence-corrected chi connectivity index (χ3v) is 5.69. The van der Waals surface area contributed by atoms with Crippen molar-refractivity contribution in [3.8, 4) is 5.75 Å². The lowest BCUT2D eigenvalue weighted by Crippen LogP contribution is -2.23. The monoisotopic (exact) mass is 470 g/mol. The van der Waals surface area contributed by atoms with Crippen molar-refractivity contribution in [3.63, 3.8) is 0 Å². The molecule has 3 aromatic rings. The molecule has 0 saturated carbocycles. The Balaban J connectivity index is 1.71. The number of benzene rings is 2. The Morgan fingerprint density at radius 2 is 1.91 bits per heavy atom. The fourth-order valence-electron chi connectivity index (χ4n) is 2.92. The average Bonchev–Trinajstić information content (AvgIpc) is 3.18. The van der Waals surface area contributed by atoms with Gasteiger partial charge in [0.05, 0.1) is 10.8 Å². The van der Waals surface area contributed by atoms with E-state index < -0.39 is 23.1 Å². The average molecular weight is 471 g/mol. The number of carbonyl (C=O) groups excluding carboxylic acids is 1. The van der Waals surface area contributed by atoms with E-state index in [2.05, 4.69) is 22.1 Å². The number of rotatable bonds is 10. The van der Waals surface area contributed by atoms with Crippen molar-refractivity contribution in [1.29, 1.82) is 0 Å². The fraction of sp³-hybridized carbons (Fsp3) is 0.217. The van der Waals surface area contributed by atoms with Crippen molar-refractivity contribution in [2.75, 3.05) is 5.32 Å². The molecule has 0 aliphatic carbocycles. The van der Waals surface area contributed by atoms with E-state index in [1.807, 2.05) is 0 Å². The van der Waals surface area contributed by atoms with Gasteiger partial charge in [0.15, 0.2) is 28.7 Å². The van der Waals surface area contributed by atoms with Crippen molar-refractivity contribution in [2.24, 2.45) is 0 Å². The first-order chi connectivity index (χ1) is 15.8. The molecule has 2 unspecified atom stereocenters. The second kappa shape index (κ2) is 10.8. The molecule has 8 nitrogen and oxygen atoms in total. The predicted molar refractivity (Wildman–Crippen MR) is 123 cm³/mol. The maximum absolute atomic E-state index is 14.0. The van der Waals surface area contributed by atoms with Gasteiger partial charge in [0.1, 0.15) is 0 Å². The highest BCUT2D eigenvalue weighted by Crippen LogP contribution is 2.28. The summed E-state index contributed by atoms with van der Waals surface area (Å²) in [6.45, 7) is 7.59. The van der Waals surface area contributed by atoms with Gasteiger partial charge in [-0.25, -0.2) is 9.18 Å². The van der Waals surface area contributed by atoms with Crippen LogP contribution in [0.1, 0.15) is 36.1 Å². The number of aromatic carboxylic acids is 1. The lowest BCUT2D eigenvalue weighted by atomic mass is 10.2. The number of carboxylic acids is 1. The van der Waals surface area contributed by atoms with Gasteiger partial charge in [-0.1, -0.05) is 30.0 Å². The summed E-state index contributed by atoms with van der Waals surface area (Å²) in [5, 5.41) is 20.1.